The molecular formula is C20H27N3O4. The molecule has 2 heterocycles. The first-order chi connectivity index (χ1) is 12.9. The number of hydrogen-bond acceptors (Lipinski definition) is 6. The second-order valence-corrected chi connectivity index (χ2v) is 7.84. The minimum atomic E-state index is -1.25. The molecule has 0 radical (unpaired) electrons. The molecule has 1 aliphatic heterocycles. The first kappa shape index (κ1) is 19.5. The van der Waals surface area contributed by atoms with Crippen LogP contribution in [0.5, 0.6) is 0 Å². The van der Waals surface area contributed by atoms with Crippen molar-refractivity contribution in [2.75, 3.05) is 13.1 Å². The SMILES string of the molecule is CC(C)Cc1nc(CN2CC[C@H](O)[C@@](Cc3ccccc3)(C(=O)O)C2)no1. The van der Waals surface area contributed by atoms with E-state index >= 15 is 0 Å². The van der Waals surface area contributed by atoms with Crippen LogP contribution in [0.4, 0.5) is 0 Å². The fourth-order valence-corrected chi connectivity index (χ4v) is 3.71. The van der Waals surface area contributed by atoms with Crippen molar-refractivity contribution in [3.63, 3.8) is 0 Å². The number of nitrogens with zero attached hydrogens (tertiary/aromatic N) is 3. The van der Waals surface area contributed by atoms with Gasteiger partial charge in [0.2, 0.25) is 5.89 Å². The minimum Gasteiger partial charge on any atom is -0.481 e. The number of piperidine rings is 1. The average molecular weight is 373 g/mol. The van der Waals surface area contributed by atoms with E-state index in [0.29, 0.717) is 37.1 Å². The number of carboxylic acid groups (broad SMARTS) is 1. The molecule has 1 aliphatic rings. The van der Waals surface area contributed by atoms with E-state index in [-0.39, 0.29) is 13.0 Å². The lowest BCUT2D eigenvalue weighted by molar-refractivity contribution is -0.163. The van der Waals surface area contributed by atoms with Gasteiger partial charge in [0, 0.05) is 19.5 Å². The van der Waals surface area contributed by atoms with Crippen LogP contribution in [0.25, 0.3) is 0 Å². The highest BCUT2D eigenvalue weighted by Crippen LogP contribution is 2.35. The monoisotopic (exact) mass is 373 g/mol. The molecule has 0 bridgehead atoms. The number of aliphatic hydroxyl groups excluding tert-OH is 1. The molecule has 1 saturated heterocycles. The molecule has 1 aromatic heterocycles. The van der Waals surface area contributed by atoms with Gasteiger partial charge in [-0.1, -0.05) is 49.3 Å². The molecule has 0 amide bonds. The van der Waals surface area contributed by atoms with Gasteiger partial charge in [0.25, 0.3) is 0 Å². The maximum atomic E-state index is 12.2. The van der Waals surface area contributed by atoms with E-state index < -0.39 is 17.5 Å². The molecule has 1 aromatic carbocycles. The second kappa shape index (κ2) is 8.19. The summed E-state index contributed by atoms with van der Waals surface area (Å²) in [7, 11) is 0. The Morgan fingerprint density at radius 1 is 1.37 bits per heavy atom. The van der Waals surface area contributed by atoms with Crippen molar-refractivity contribution in [2.45, 2.75) is 45.8 Å². The predicted octanol–water partition coefficient (Wildman–Crippen LogP) is 2.15. The molecule has 0 unspecified atom stereocenters. The summed E-state index contributed by atoms with van der Waals surface area (Å²) in [5.41, 5.74) is -0.344. The van der Waals surface area contributed by atoms with Crippen molar-refractivity contribution in [1.29, 1.82) is 0 Å². The molecule has 2 N–H and O–H groups in total. The number of aliphatic hydroxyl groups is 1. The minimum absolute atomic E-state index is 0.243. The number of aromatic nitrogens is 2. The topological polar surface area (TPSA) is 99.7 Å². The zero-order valence-electron chi connectivity index (χ0n) is 15.8. The van der Waals surface area contributed by atoms with Crippen LogP contribution >= 0.6 is 0 Å². The molecular weight excluding hydrogens is 346 g/mol. The van der Waals surface area contributed by atoms with Gasteiger partial charge in [0.05, 0.1) is 12.6 Å². The highest BCUT2D eigenvalue weighted by Gasteiger charge is 2.49. The second-order valence-electron chi connectivity index (χ2n) is 7.84. The summed E-state index contributed by atoms with van der Waals surface area (Å²) < 4.78 is 5.28. The Hall–Kier alpha value is -2.25. The van der Waals surface area contributed by atoms with E-state index in [0.717, 1.165) is 12.0 Å². The number of benzene rings is 1. The molecule has 146 valence electrons. The van der Waals surface area contributed by atoms with Gasteiger partial charge in [-0.3, -0.25) is 9.69 Å². The summed E-state index contributed by atoms with van der Waals surface area (Å²) in [6, 6.07) is 9.45. The number of rotatable bonds is 7. The van der Waals surface area contributed by atoms with Gasteiger partial charge >= 0.3 is 5.97 Å². The number of aliphatic carboxylic acids is 1. The van der Waals surface area contributed by atoms with E-state index in [2.05, 4.69) is 24.0 Å². The molecule has 0 spiro atoms. The van der Waals surface area contributed by atoms with Crippen LogP contribution in [0.2, 0.25) is 0 Å². The highest BCUT2D eigenvalue weighted by molar-refractivity contribution is 5.76. The Labute approximate surface area is 159 Å². The Bertz CT molecular complexity index is 762. The van der Waals surface area contributed by atoms with Crippen LogP contribution in [0, 0.1) is 11.3 Å². The van der Waals surface area contributed by atoms with Gasteiger partial charge in [-0.05, 0) is 24.3 Å². The number of hydrogen-bond donors (Lipinski definition) is 2. The third-order valence-corrected chi connectivity index (χ3v) is 5.11. The zero-order chi connectivity index (χ0) is 19.4. The van der Waals surface area contributed by atoms with Gasteiger partial charge in [-0.2, -0.15) is 4.98 Å². The fraction of sp³-hybridized carbons (Fsp3) is 0.550. The van der Waals surface area contributed by atoms with Gasteiger partial charge < -0.3 is 14.7 Å². The number of carbonyl (C=O) groups is 1. The van der Waals surface area contributed by atoms with Crippen LogP contribution in [0.1, 0.15) is 37.5 Å². The molecule has 2 aromatic rings. The fourth-order valence-electron chi connectivity index (χ4n) is 3.71. The molecule has 3 rings (SSSR count). The Kier molecular flexibility index (Phi) is 5.92. The van der Waals surface area contributed by atoms with E-state index in [9.17, 15) is 15.0 Å². The van der Waals surface area contributed by atoms with E-state index in [1.165, 1.54) is 0 Å². The Morgan fingerprint density at radius 3 is 2.78 bits per heavy atom. The zero-order valence-corrected chi connectivity index (χ0v) is 15.8. The van der Waals surface area contributed by atoms with E-state index in [4.69, 9.17) is 4.52 Å². The van der Waals surface area contributed by atoms with Crippen LogP contribution in [-0.4, -0.2) is 50.4 Å². The standard InChI is InChI=1S/C20H27N3O4/c1-14(2)10-18-21-17(22-27-18)12-23-9-8-16(24)20(13-23,19(25)26)11-15-6-4-3-5-7-15/h3-7,14,16,24H,8-13H2,1-2H3,(H,25,26)/t16-,20-/m0/s1. The summed E-state index contributed by atoms with van der Waals surface area (Å²) in [6.07, 6.45) is 0.508. The van der Waals surface area contributed by atoms with E-state index in [1.807, 2.05) is 35.2 Å². The molecule has 2 atom stereocenters. The highest BCUT2D eigenvalue weighted by atomic mass is 16.5. The third-order valence-electron chi connectivity index (χ3n) is 5.11. The Morgan fingerprint density at radius 2 is 2.11 bits per heavy atom. The van der Waals surface area contributed by atoms with Crippen molar-refractivity contribution in [1.82, 2.24) is 15.0 Å². The smallest absolute Gasteiger partial charge is 0.313 e. The molecule has 0 aliphatic carbocycles. The van der Waals surface area contributed by atoms with Crippen molar-refractivity contribution in [2.24, 2.45) is 11.3 Å². The maximum absolute atomic E-state index is 12.2. The molecule has 0 saturated carbocycles. The van der Waals surface area contributed by atoms with Crippen molar-refractivity contribution in [3.05, 3.63) is 47.6 Å². The maximum Gasteiger partial charge on any atom is 0.313 e. The van der Waals surface area contributed by atoms with Gasteiger partial charge in [0.15, 0.2) is 5.82 Å². The molecule has 27 heavy (non-hydrogen) atoms. The van der Waals surface area contributed by atoms with Gasteiger partial charge in [-0.25, -0.2) is 0 Å². The first-order valence-corrected chi connectivity index (χ1v) is 9.38. The lowest BCUT2D eigenvalue weighted by atomic mass is 9.73. The number of likely N-dealkylation sites (tertiary alicyclic amines) is 1. The summed E-state index contributed by atoms with van der Waals surface area (Å²) in [5.74, 6) is 0.609. The van der Waals surface area contributed by atoms with Gasteiger partial charge in [-0.15, -0.1) is 0 Å². The summed E-state index contributed by atoms with van der Waals surface area (Å²) in [4.78, 5) is 18.6. The van der Waals surface area contributed by atoms with E-state index in [1.54, 1.807) is 0 Å². The van der Waals surface area contributed by atoms with Gasteiger partial charge in [0.1, 0.15) is 5.41 Å². The van der Waals surface area contributed by atoms with Crippen LogP contribution in [-0.2, 0) is 24.2 Å². The van der Waals surface area contributed by atoms with Crippen LogP contribution in [0.15, 0.2) is 34.9 Å². The summed E-state index contributed by atoms with van der Waals surface area (Å²) in [6.45, 7) is 5.42. The average Bonchev–Trinajstić information content (AvgIpc) is 3.04. The Balaban J connectivity index is 1.75. The largest absolute Gasteiger partial charge is 0.481 e. The molecule has 7 heteroatoms. The summed E-state index contributed by atoms with van der Waals surface area (Å²) >= 11 is 0. The lowest BCUT2D eigenvalue weighted by Gasteiger charge is -2.43. The summed E-state index contributed by atoms with van der Waals surface area (Å²) in [5, 5.41) is 24.6. The van der Waals surface area contributed by atoms with Crippen molar-refractivity contribution >= 4 is 5.97 Å². The third kappa shape index (κ3) is 4.54. The van der Waals surface area contributed by atoms with Crippen molar-refractivity contribution < 1.29 is 19.5 Å². The van der Waals surface area contributed by atoms with Crippen LogP contribution in [0.3, 0.4) is 0 Å². The normalized spacial score (nSPS) is 23.6. The number of carboxylic acids is 1. The molecule has 7 nitrogen and oxygen atoms in total. The molecule has 1 fully saturated rings. The van der Waals surface area contributed by atoms with Crippen LogP contribution < -0.4 is 0 Å². The predicted molar refractivity (Wildman–Crippen MR) is 99.0 cm³/mol. The lowest BCUT2D eigenvalue weighted by Crippen LogP contribution is -2.56. The van der Waals surface area contributed by atoms with Crippen molar-refractivity contribution in [3.8, 4) is 0 Å². The first-order valence-electron chi connectivity index (χ1n) is 9.38. The quantitative estimate of drug-likeness (QED) is 0.767.